The molecular formula is C51H35BF2N2. The van der Waals surface area contributed by atoms with Gasteiger partial charge in [0.2, 0.25) is 0 Å². The van der Waals surface area contributed by atoms with Crippen LogP contribution in [0, 0.1) is 18.6 Å². The number of para-hydroxylation sites is 2. The predicted molar refractivity (Wildman–Crippen MR) is 228 cm³/mol. The van der Waals surface area contributed by atoms with Crippen LogP contribution in [0.4, 0.5) is 42.9 Å². The van der Waals surface area contributed by atoms with E-state index in [1.807, 2.05) is 60.7 Å². The van der Waals surface area contributed by atoms with Crippen LogP contribution in [0.3, 0.4) is 0 Å². The van der Waals surface area contributed by atoms with Gasteiger partial charge in [0.25, 0.3) is 6.71 Å². The van der Waals surface area contributed by atoms with Gasteiger partial charge in [0.05, 0.1) is 11.4 Å². The first-order chi connectivity index (χ1) is 27.4. The molecule has 0 aliphatic carbocycles. The van der Waals surface area contributed by atoms with Crippen LogP contribution in [0.2, 0.25) is 0 Å². The van der Waals surface area contributed by atoms with Gasteiger partial charge in [0, 0.05) is 50.4 Å². The summed E-state index contributed by atoms with van der Waals surface area (Å²) >= 11 is 0. The molecule has 0 radical (unpaired) electrons. The van der Waals surface area contributed by atoms with E-state index in [9.17, 15) is 0 Å². The SMILES string of the molecule is Cc1cc2c3c(c1)N(c1ccccc1-c1ccccc1F)c1cccc4c1B3c1c(cccc1C4(C)c1ccccc1)N2c1ccccc1-c1ccccc1F. The maximum absolute atomic E-state index is 15.8. The molecule has 0 saturated carbocycles. The van der Waals surface area contributed by atoms with Crippen molar-refractivity contribution in [1.29, 1.82) is 0 Å². The lowest BCUT2D eigenvalue weighted by Gasteiger charge is -2.51. The molecule has 0 saturated heterocycles. The standard InChI is InChI=1S/C51H35BF2N2/c1-32-30-46-50-47(31-32)56(43-27-13-9-21-37(43)35-19-7-11-25-41(35)54)45-29-15-23-39-49(45)52(50)48-38(51(39,2)33-16-4-3-5-17-33)22-14-28-44(48)55(46)42-26-12-8-20-36(42)34-18-6-10-24-40(34)53/h3-31H,1-2H3. The Morgan fingerprint density at radius 3 is 1.30 bits per heavy atom. The van der Waals surface area contributed by atoms with Gasteiger partial charge in [-0.1, -0.05) is 127 Å². The number of hydrogen-bond acceptors (Lipinski definition) is 2. The highest BCUT2D eigenvalue weighted by Crippen LogP contribution is 2.53. The van der Waals surface area contributed by atoms with E-state index in [2.05, 4.69) is 115 Å². The fourth-order valence-electron chi connectivity index (χ4n) is 9.99. The molecule has 8 aromatic carbocycles. The number of rotatable bonds is 5. The van der Waals surface area contributed by atoms with Crippen molar-refractivity contribution in [3.05, 3.63) is 210 Å². The number of hydrogen-bond donors (Lipinski definition) is 0. The van der Waals surface area contributed by atoms with E-state index in [0.717, 1.165) is 50.8 Å². The minimum absolute atomic E-state index is 0.0801. The molecule has 0 N–H and O–H groups in total. The first-order valence-electron chi connectivity index (χ1n) is 19.2. The molecule has 0 amide bonds. The molecular weight excluding hydrogens is 689 g/mol. The van der Waals surface area contributed by atoms with Crippen molar-refractivity contribution in [1.82, 2.24) is 0 Å². The number of nitrogens with zero attached hydrogens (tertiary/aromatic N) is 2. The quantitative estimate of drug-likeness (QED) is 0.163. The monoisotopic (exact) mass is 724 g/mol. The summed E-state index contributed by atoms with van der Waals surface area (Å²) < 4.78 is 31.6. The molecule has 0 unspecified atom stereocenters. The number of benzene rings is 8. The number of anilines is 6. The van der Waals surface area contributed by atoms with Gasteiger partial charge in [0.15, 0.2) is 0 Å². The Balaban J connectivity index is 1.29. The van der Waals surface area contributed by atoms with Crippen molar-refractivity contribution >= 4 is 57.2 Å². The van der Waals surface area contributed by atoms with Gasteiger partial charge in [-0.3, -0.25) is 0 Å². The van der Waals surface area contributed by atoms with Crippen LogP contribution in [-0.2, 0) is 5.41 Å². The van der Waals surface area contributed by atoms with Crippen LogP contribution in [0.5, 0.6) is 0 Å². The van der Waals surface area contributed by atoms with E-state index in [0.29, 0.717) is 11.1 Å². The van der Waals surface area contributed by atoms with Gasteiger partial charge in [0.1, 0.15) is 11.6 Å². The van der Waals surface area contributed by atoms with Crippen molar-refractivity contribution in [2.45, 2.75) is 19.3 Å². The molecule has 56 heavy (non-hydrogen) atoms. The van der Waals surface area contributed by atoms with E-state index >= 15 is 8.78 Å². The average molecular weight is 725 g/mol. The van der Waals surface area contributed by atoms with Gasteiger partial charge in [-0.05, 0) is 101 Å². The van der Waals surface area contributed by atoms with Crippen LogP contribution >= 0.6 is 0 Å². The van der Waals surface area contributed by atoms with Gasteiger partial charge >= 0.3 is 0 Å². The molecule has 0 fully saturated rings. The summed E-state index contributed by atoms with van der Waals surface area (Å²) in [7, 11) is 0. The fourth-order valence-corrected chi connectivity index (χ4v) is 9.99. The second-order valence-electron chi connectivity index (χ2n) is 15.3. The topological polar surface area (TPSA) is 6.48 Å². The third kappa shape index (κ3) is 4.43. The van der Waals surface area contributed by atoms with E-state index in [1.54, 1.807) is 12.1 Å². The normalized spacial score (nSPS) is 14.1. The Morgan fingerprint density at radius 2 is 0.821 bits per heavy atom. The van der Waals surface area contributed by atoms with Crippen LogP contribution in [-0.4, -0.2) is 6.71 Å². The van der Waals surface area contributed by atoms with Crippen LogP contribution in [0.1, 0.15) is 29.2 Å². The van der Waals surface area contributed by atoms with E-state index in [4.69, 9.17) is 0 Å². The summed E-state index contributed by atoms with van der Waals surface area (Å²) in [5.74, 6) is -0.523. The number of aryl methyl sites for hydroxylation is 1. The summed E-state index contributed by atoms with van der Waals surface area (Å²) in [4.78, 5) is 4.74. The maximum atomic E-state index is 15.8. The zero-order chi connectivity index (χ0) is 37.7. The van der Waals surface area contributed by atoms with Crippen LogP contribution in [0.25, 0.3) is 22.3 Å². The molecule has 3 heterocycles. The highest BCUT2D eigenvalue weighted by atomic mass is 19.1. The highest BCUT2D eigenvalue weighted by molar-refractivity contribution is 7.01. The molecule has 3 aliphatic rings. The van der Waals surface area contributed by atoms with E-state index in [1.165, 1.54) is 45.2 Å². The smallest absolute Gasteiger partial charge is 0.252 e. The Hall–Kier alpha value is -6.72. The summed E-state index contributed by atoms with van der Waals surface area (Å²) in [6.07, 6.45) is 0. The van der Waals surface area contributed by atoms with Crippen molar-refractivity contribution < 1.29 is 8.78 Å². The Morgan fingerprint density at radius 1 is 0.411 bits per heavy atom. The molecule has 2 nitrogen and oxygen atoms in total. The Kier molecular flexibility index (Phi) is 7.09. The molecule has 8 aromatic rings. The first-order valence-corrected chi connectivity index (χ1v) is 19.2. The Labute approximate surface area is 326 Å². The molecule has 5 heteroatoms. The second kappa shape index (κ2) is 12.1. The van der Waals surface area contributed by atoms with Crippen molar-refractivity contribution in [2.24, 2.45) is 0 Å². The molecule has 0 atom stereocenters. The van der Waals surface area contributed by atoms with Gasteiger partial charge < -0.3 is 9.80 Å². The summed E-state index contributed by atoms with van der Waals surface area (Å²) in [6, 6.07) is 59.2. The average Bonchev–Trinajstić information content (AvgIpc) is 3.23. The molecule has 3 aliphatic heterocycles. The molecule has 11 rings (SSSR count). The zero-order valence-electron chi connectivity index (χ0n) is 31.0. The lowest BCUT2D eigenvalue weighted by molar-refractivity contribution is 0.631. The zero-order valence-corrected chi connectivity index (χ0v) is 31.0. The maximum Gasteiger partial charge on any atom is 0.252 e. The first kappa shape index (κ1) is 32.7. The minimum atomic E-state index is -0.512. The fraction of sp³-hybridized carbons (Fsp3) is 0.0588. The lowest BCUT2D eigenvalue weighted by atomic mass is 9.28. The molecule has 0 spiro atoms. The molecule has 266 valence electrons. The third-order valence-electron chi connectivity index (χ3n) is 12.3. The largest absolute Gasteiger partial charge is 0.311 e. The summed E-state index contributed by atoms with van der Waals surface area (Å²) in [5, 5.41) is 0. The van der Waals surface area contributed by atoms with Crippen molar-refractivity contribution in [2.75, 3.05) is 9.80 Å². The highest BCUT2D eigenvalue weighted by Gasteiger charge is 2.53. The predicted octanol–water partition coefficient (Wildman–Crippen LogP) is 11.4. The van der Waals surface area contributed by atoms with E-state index < -0.39 is 5.41 Å². The summed E-state index contributed by atoms with van der Waals surface area (Å²) in [6.45, 7) is 4.42. The lowest BCUT2D eigenvalue weighted by Crippen LogP contribution is -2.67. The van der Waals surface area contributed by atoms with Gasteiger partial charge in [-0.2, -0.15) is 0 Å². The number of halogens is 2. The second-order valence-corrected chi connectivity index (χ2v) is 15.3. The Bertz CT molecular complexity index is 2730. The molecule has 0 aromatic heterocycles. The van der Waals surface area contributed by atoms with Crippen molar-refractivity contribution in [3.8, 4) is 22.3 Å². The minimum Gasteiger partial charge on any atom is -0.311 e. The van der Waals surface area contributed by atoms with Crippen molar-refractivity contribution in [3.63, 3.8) is 0 Å². The van der Waals surface area contributed by atoms with Crippen LogP contribution in [0.15, 0.2) is 176 Å². The van der Waals surface area contributed by atoms with E-state index in [-0.39, 0.29) is 18.3 Å². The molecule has 0 bridgehead atoms. The van der Waals surface area contributed by atoms with Gasteiger partial charge in [-0.15, -0.1) is 0 Å². The third-order valence-corrected chi connectivity index (χ3v) is 12.3. The summed E-state index contributed by atoms with van der Waals surface area (Å²) in [5.41, 5.74) is 16.8. The van der Waals surface area contributed by atoms with Gasteiger partial charge in [-0.25, -0.2) is 8.78 Å². The van der Waals surface area contributed by atoms with Crippen LogP contribution < -0.4 is 26.2 Å².